The van der Waals surface area contributed by atoms with Gasteiger partial charge in [-0.05, 0) is 38.4 Å². The second-order valence-corrected chi connectivity index (χ2v) is 5.64. The molecule has 0 heterocycles. The van der Waals surface area contributed by atoms with Crippen molar-refractivity contribution in [2.45, 2.75) is 37.1 Å². The molecule has 1 atom stereocenters. The minimum atomic E-state index is -0.822. The van der Waals surface area contributed by atoms with Crippen LogP contribution in [0.4, 0.5) is 0 Å². The first-order chi connectivity index (χ1) is 8.58. The molecule has 0 aliphatic heterocycles. The Morgan fingerprint density at radius 3 is 2.61 bits per heavy atom. The summed E-state index contributed by atoms with van der Waals surface area (Å²) in [6.45, 7) is 4.53. The zero-order valence-electron chi connectivity index (χ0n) is 11.0. The maximum Gasteiger partial charge on any atom is 0.323 e. The molecule has 0 aliphatic carbocycles. The largest absolute Gasteiger partial charge is 0.480 e. The standard InChI is InChI=1S/C14H21NO2S/c1-3-10-15-14(2,13(16)17)9-11-18-12-7-5-4-6-8-12/h4-8,15H,3,9-11H2,1-2H3,(H,16,17). The second-order valence-electron chi connectivity index (χ2n) is 4.48. The van der Waals surface area contributed by atoms with Crippen LogP contribution in [0.2, 0.25) is 0 Å². The lowest BCUT2D eigenvalue weighted by atomic mass is 9.99. The Kier molecular flexibility index (Phi) is 6.22. The van der Waals surface area contributed by atoms with Gasteiger partial charge in [-0.15, -0.1) is 11.8 Å². The van der Waals surface area contributed by atoms with E-state index < -0.39 is 11.5 Å². The number of hydrogen-bond donors (Lipinski definition) is 2. The predicted octanol–water partition coefficient (Wildman–Crippen LogP) is 3.01. The van der Waals surface area contributed by atoms with Crippen molar-refractivity contribution < 1.29 is 9.90 Å². The van der Waals surface area contributed by atoms with Gasteiger partial charge >= 0.3 is 5.97 Å². The van der Waals surface area contributed by atoms with Gasteiger partial charge in [0.25, 0.3) is 0 Å². The van der Waals surface area contributed by atoms with Crippen molar-refractivity contribution in [2.24, 2.45) is 0 Å². The van der Waals surface area contributed by atoms with E-state index in [1.165, 1.54) is 4.90 Å². The van der Waals surface area contributed by atoms with Crippen LogP contribution in [0.25, 0.3) is 0 Å². The number of aliphatic carboxylic acids is 1. The summed E-state index contributed by atoms with van der Waals surface area (Å²) in [4.78, 5) is 12.5. The number of carboxylic acid groups (broad SMARTS) is 1. The molecule has 1 aromatic rings. The van der Waals surface area contributed by atoms with Crippen molar-refractivity contribution in [3.05, 3.63) is 30.3 Å². The van der Waals surface area contributed by atoms with Crippen LogP contribution in [0.3, 0.4) is 0 Å². The molecule has 0 radical (unpaired) electrons. The van der Waals surface area contributed by atoms with Crippen molar-refractivity contribution in [3.63, 3.8) is 0 Å². The number of benzene rings is 1. The minimum Gasteiger partial charge on any atom is -0.480 e. The van der Waals surface area contributed by atoms with Crippen LogP contribution in [0.15, 0.2) is 35.2 Å². The van der Waals surface area contributed by atoms with Gasteiger partial charge in [0.15, 0.2) is 0 Å². The van der Waals surface area contributed by atoms with Crippen LogP contribution >= 0.6 is 11.8 Å². The molecule has 1 unspecified atom stereocenters. The molecule has 4 heteroatoms. The number of carbonyl (C=O) groups is 1. The van der Waals surface area contributed by atoms with E-state index >= 15 is 0 Å². The number of hydrogen-bond acceptors (Lipinski definition) is 3. The normalized spacial score (nSPS) is 14.1. The van der Waals surface area contributed by atoms with Gasteiger partial charge in [-0.25, -0.2) is 0 Å². The third kappa shape index (κ3) is 4.70. The molecular weight excluding hydrogens is 246 g/mol. The van der Waals surface area contributed by atoms with Crippen LogP contribution < -0.4 is 5.32 Å². The number of carboxylic acids is 1. The Bertz CT molecular complexity index is 369. The van der Waals surface area contributed by atoms with Crippen LogP contribution in [0.5, 0.6) is 0 Å². The van der Waals surface area contributed by atoms with Gasteiger partial charge in [-0.3, -0.25) is 4.79 Å². The van der Waals surface area contributed by atoms with Gasteiger partial charge in [-0.2, -0.15) is 0 Å². The lowest BCUT2D eigenvalue weighted by Gasteiger charge is -2.26. The third-order valence-corrected chi connectivity index (χ3v) is 3.86. The highest BCUT2D eigenvalue weighted by Crippen LogP contribution is 2.21. The maximum atomic E-state index is 11.3. The fourth-order valence-electron chi connectivity index (χ4n) is 1.56. The minimum absolute atomic E-state index is 0.613. The summed E-state index contributed by atoms with van der Waals surface area (Å²) in [6.07, 6.45) is 1.55. The van der Waals surface area contributed by atoms with E-state index in [9.17, 15) is 9.90 Å². The van der Waals surface area contributed by atoms with E-state index in [-0.39, 0.29) is 0 Å². The molecule has 0 bridgehead atoms. The average molecular weight is 267 g/mol. The summed E-state index contributed by atoms with van der Waals surface area (Å²) in [6, 6.07) is 10.1. The molecule has 0 amide bonds. The van der Waals surface area contributed by atoms with Crippen LogP contribution in [-0.2, 0) is 4.79 Å². The lowest BCUT2D eigenvalue weighted by molar-refractivity contribution is -0.144. The molecular formula is C14H21NO2S. The highest BCUT2D eigenvalue weighted by Gasteiger charge is 2.31. The summed E-state index contributed by atoms with van der Waals surface area (Å²) in [7, 11) is 0. The van der Waals surface area contributed by atoms with Crippen LogP contribution in [0.1, 0.15) is 26.7 Å². The Labute approximate surface area is 113 Å². The van der Waals surface area contributed by atoms with E-state index in [1.54, 1.807) is 18.7 Å². The predicted molar refractivity (Wildman–Crippen MR) is 76.1 cm³/mol. The first kappa shape index (κ1) is 15.1. The van der Waals surface area contributed by atoms with Gasteiger partial charge < -0.3 is 10.4 Å². The summed E-state index contributed by atoms with van der Waals surface area (Å²) in [5, 5.41) is 12.4. The summed E-state index contributed by atoms with van der Waals surface area (Å²) in [5.41, 5.74) is -0.822. The Morgan fingerprint density at radius 1 is 1.39 bits per heavy atom. The lowest BCUT2D eigenvalue weighted by Crippen LogP contribution is -2.50. The second kappa shape index (κ2) is 7.44. The first-order valence-corrected chi connectivity index (χ1v) is 7.23. The van der Waals surface area contributed by atoms with Gasteiger partial charge in [0.2, 0.25) is 0 Å². The number of thioether (sulfide) groups is 1. The smallest absolute Gasteiger partial charge is 0.323 e. The van der Waals surface area contributed by atoms with Crippen molar-refractivity contribution >= 4 is 17.7 Å². The van der Waals surface area contributed by atoms with E-state index in [0.29, 0.717) is 6.42 Å². The molecule has 0 saturated carbocycles. The Morgan fingerprint density at radius 2 is 2.06 bits per heavy atom. The Hall–Kier alpha value is -1.00. The zero-order valence-corrected chi connectivity index (χ0v) is 11.8. The van der Waals surface area contributed by atoms with Gasteiger partial charge in [-0.1, -0.05) is 25.1 Å². The molecule has 2 N–H and O–H groups in total. The molecule has 3 nitrogen and oxygen atoms in total. The van der Waals surface area contributed by atoms with E-state index in [4.69, 9.17) is 0 Å². The summed E-state index contributed by atoms with van der Waals surface area (Å²) >= 11 is 1.69. The fraction of sp³-hybridized carbons (Fsp3) is 0.500. The van der Waals surface area contributed by atoms with E-state index in [2.05, 4.69) is 5.32 Å². The molecule has 100 valence electrons. The summed E-state index contributed by atoms with van der Waals surface area (Å²) in [5.74, 6) is 0.0217. The van der Waals surface area contributed by atoms with Crippen molar-refractivity contribution in [1.82, 2.24) is 5.32 Å². The first-order valence-electron chi connectivity index (χ1n) is 6.25. The van der Waals surface area contributed by atoms with Crippen LogP contribution in [0, 0.1) is 0 Å². The molecule has 0 aliphatic rings. The number of rotatable bonds is 8. The third-order valence-electron chi connectivity index (χ3n) is 2.85. The molecule has 0 aromatic heterocycles. The highest BCUT2D eigenvalue weighted by molar-refractivity contribution is 7.99. The molecule has 0 saturated heterocycles. The summed E-state index contributed by atoms with van der Waals surface area (Å²) < 4.78 is 0. The monoisotopic (exact) mass is 267 g/mol. The fourth-order valence-corrected chi connectivity index (χ4v) is 2.66. The molecule has 0 fully saturated rings. The van der Waals surface area contributed by atoms with Gasteiger partial charge in [0.05, 0.1) is 0 Å². The van der Waals surface area contributed by atoms with Gasteiger partial charge in [0.1, 0.15) is 5.54 Å². The molecule has 1 rings (SSSR count). The van der Waals surface area contributed by atoms with Crippen molar-refractivity contribution in [1.29, 1.82) is 0 Å². The average Bonchev–Trinajstić information content (AvgIpc) is 2.37. The molecule has 18 heavy (non-hydrogen) atoms. The zero-order chi connectivity index (χ0) is 13.4. The van der Waals surface area contributed by atoms with Crippen LogP contribution in [-0.4, -0.2) is 28.9 Å². The topological polar surface area (TPSA) is 49.3 Å². The Balaban J connectivity index is 2.45. The maximum absolute atomic E-state index is 11.3. The number of nitrogens with one attached hydrogen (secondary N) is 1. The van der Waals surface area contributed by atoms with Crippen molar-refractivity contribution in [2.75, 3.05) is 12.3 Å². The SMILES string of the molecule is CCCNC(C)(CCSc1ccccc1)C(=O)O. The van der Waals surface area contributed by atoms with E-state index in [0.717, 1.165) is 18.7 Å². The van der Waals surface area contributed by atoms with Crippen molar-refractivity contribution in [3.8, 4) is 0 Å². The van der Waals surface area contributed by atoms with E-state index in [1.807, 2.05) is 37.3 Å². The quantitative estimate of drug-likeness (QED) is 0.711. The van der Waals surface area contributed by atoms with Gasteiger partial charge in [0, 0.05) is 10.6 Å². The molecule has 1 aromatic carbocycles. The highest BCUT2D eigenvalue weighted by atomic mass is 32.2. The molecule has 0 spiro atoms.